The number of aromatic nitrogens is 3. The summed E-state index contributed by atoms with van der Waals surface area (Å²) in [6, 6.07) is 9.96. The molecular formula is C13H16N4. The molecule has 17 heavy (non-hydrogen) atoms. The fourth-order valence-electron chi connectivity index (χ4n) is 1.96. The zero-order chi connectivity index (χ0) is 11.9. The first-order valence-corrected chi connectivity index (χ1v) is 5.95. The molecule has 1 saturated carbocycles. The van der Waals surface area contributed by atoms with E-state index < -0.39 is 5.54 Å². The number of hydrogen-bond donors (Lipinski definition) is 2. The van der Waals surface area contributed by atoms with Crippen molar-refractivity contribution in [2.45, 2.75) is 31.2 Å². The Hall–Kier alpha value is -1.68. The highest BCUT2D eigenvalue weighted by molar-refractivity contribution is 5.30. The van der Waals surface area contributed by atoms with Gasteiger partial charge < -0.3 is 5.73 Å². The van der Waals surface area contributed by atoms with Gasteiger partial charge in [-0.05, 0) is 25.3 Å². The lowest BCUT2D eigenvalue weighted by molar-refractivity contribution is 0.560. The van der Waals surface area contributed by atoms with E-state index >= 15 is 0 Å². The molecular weight excluding hydrogens is 212 g/mol. The van der Waals surface area contributed by atoms with E-state index in [1.807, 2.05) is 37.3 Å². The molecule has 0 amide bonds. The number of benzene rings is 1. The molecule has 3 N–H and O–H groups in total. The summed E-state index contributed by atoms with van der Waals surface area (Å²) in [5.74, 6) is 2.22. The van der Waals surface area contributed by atoms with Crippen molar-refractivity contribution in [1.29, 1.82) is 0 Å². The first kappa shape index (κ1) is 10.5. The molecule has 2 aromatic rings. The summed E-state index contributed by atoms with van der Waals surface area (Å²) in [4.78, 5) is 4.53. The summed E-state index contributed by atoms with van der Waals surface area (Å²) in [6.45, 7) is 1.95. The van der Waals surface area contributed by atoms with E-state index in [0.717, 1.165) is 11.4 Å². The second kappa shape index (κ2) is 3.67. The molecule has 1 atom stereocenters. The molecule has 0 spiro atoms. The number of aromatic amines is 1. The van der Waals surface area contributed by atoms with E-state index in [4.69, 9.17) is 5.73 Å². The summed E-state index contributed by atoms with van der Waals surface area (Å²) in [5, 5.41) is 7.27. The fraction of sp³-hybridized carbons (Fsp3) is 0.385. The Morgan fingerprint density at radius 3 is 2.65 bits per heavy atom. The quantitative estimate of drug-likeness (QED) is 0.843. The molecule has 0 saturated heterocycles. The Labute approximate surface area is 100 Å². The number of rotatable bonds is 3. The molecule has 1 aromatic carbocycles. The van der Waals surface area contributed by atoms with Crippen molar-refractivity contribution in [1.82, 2.24) is 15.2 Å². The Bertz CT molecular complexity index is 511. The van der Waals surface area contributed by atoms with E-state index in [1.54, 1.807) is 0 Å². The van der Waals surface area contributed by atoms with Crippen LogP contribution in [0.1, 0.15) is 42.9 Å². The maximum atomic E-state index is 6.35. The largest absolute Gasteiger partial charge is 0.315 e. The van der Waals surface area contributed by atoms with Crippen LogP contribution < -0.4 is 5.73 Å². The SMILES string of the molecule is CC(N)(c1ccccc1)c1n[nH]c(C2CC2)n1. The summed E-state index contributed by atoms with van der Waals surface area (Å²) >= 11 is 0. The van der Waals surface area contributed by atoms with Gasteiger partial charge in [-0.25, -0.2) is 4.98 Å². The normalized spacial score (nSPS) is 18.9. The molecule has 1 unspecified atom stereocenters. The second-order valence-electron chi connectivity index (χ2n) is 4.89. The Kier molecular flexibility index (Phi) is 2.26. The predicted octanol–water partition coefficient (Wildman–Crippen LogP) is 1.90. The van der Waals surface area contributed by atoms with E-state index in [-0.39, 0.29) is 0 Å². The monoisotopic (exact) mass is 228 g/mol. The maximum absolute atomic E-state index is 6.35. The van der Waals surface area contributed by atoms with Crippen LogP contribution in [0, 0.1) is 0 Å². The highest BCUT2D eigenvalue weighted by Crippen LogP contribution is 2.38. The number of nitrogens with one attached hydrogen (secondary N) is 1. The van der Waals surface area contributed by atoms with Crippen LogP contribution in [0.25, 0.3) is 0 Å². The van der Waals surface area contributed by atoms with E-state index in [9.17, 15) is 0 Å². The Morgan fingerprint density at radius 1 is 1.29 bits per heavy atom. The molecule has 1 aromatic heterocycles. The molecule has 0 radical (unpaired) electrons. The molecule has 88 valence electrons. The smallest absolute Gasteiger partial charge is 0.174 e. The van der Waals surface area contributed by atoms with Gasteiger partial charge in [-0.1, -0.05) is 30.3 Å². The van der Waals surface area contributed by atoms with Crippen LogP contribution in [-0.4, -0.2) is 15.2 Å². The van der Waals surface area contributed by atoms with Gasteiger partial charge in [0.2, 0.25) is 0 Å². The maximum Gasteiger partial charge on any atom is 0.174 e. The van der Waals surface area contributed by atoms with Crippen molar-refractivity contribution in [3.8, 4) is 0 Å². The van der Waals surface area contributed by atoms with Gasteiger partial charge in [0.1, 0.15) is 11.4 Å². The Balaban J connectivity index is 1.95. The van der Waals surface area contributed by atoms with E-state index in [1.165, 1.54) is 12.8 Å². The third kappa shape index (κ3) is 1.85. The van der Waals surface area contributed by atoms with Gasteiger partial charge in [-0.3, -0.25) is 5.10 Å². The second-order valence-corrected chi connectivity index (χ2v) is 4.89. The first-order chi connectivity index (χ1) is 8.18. The van der Waals surface area contributed by atoms with Crippen molar-refractivity contribution < 1.29 is 0 Å². The number of nitrogens with two attached hydrogens (primary N) is 1. The molecule has 3 rings (SSSR count). The van der Waals surface area contributed by atoms with Crippen LogP contribution in [0.4, 0.5) is 0 Å². The van der Waals surface area contributed by atoms with Crippen molar-refractivity contribution in [3.63, 3.8) is 0 Å². The van der Waals surface area contributed by atoms with Crippen LogP contribution in [0.15, 0.2) is 30.3 Å². The summed E-state index contributed by atoms with van der Waals surface area (Å²) in [7, 11) is 0. The third-order valence-electron chi connectivity index (χ3n) is 3.30. The van der Waals surface area contributed by atoms with Crippen molar-refractivity contribution in [3.05, 3.63) is 47.5 Å². The predicted molar refractivity (Wildman–Crippen MR) is 65.4 cm³/mol. The topological polar surface area (TPSA) is 67.6 Å². The van der Waals surface area contributed by atoms with Gasteiger partial charge in [-0.2, -0.15) is 5.10 Å². The molecule has 1 aliphatic carbocycles. The average Bonchev–Trinajstić information content (AvgIpc) is 3.08. The molecule has 1 heterocycles. The van der Waals surface area contributed by atoms with Crippen LogP contribution in [0.3, 0.4) is 0 Å². The molecule has 1 aliphatic rings. The minimum absolute atomic E-state index is 0.572. The van der Waals surface area contributed by atoms with Crippen molar-refractivity contribution in [2.75, 3.05) is 0 Å². The van der Waals surface area contributed by atoms with Gasteiger partial charge in [0, 0.05) is 5.92 Å². The summed E-state index contributed by atoms with van der Waals surface area (Å²) < 4.78 is 0. The molecule has 0 bridgehead atoms. The van der Waals surface area contributed by atoms with Crippen LogP contribution in [0.5, 0.6) is 0 Å². The number of hydrogen-bond acceptors (Lipinski definition) is 3. The first-order valence-electron chi connectivity index (χ1n) is 5.95. The lowest BCUT2D eigenvalue weighted by Crippen LogP contribution is -2.35. The van der Waals surface area contributed by atoms with E-state index in [2.05, 4.69) is 15.2 Å². The lowest BCUT2D eigenvalue weighted by Gasteiger charge is -2.21. The zero-order valence-corrected chi connectivity index (χ0v) is 9.85. The lowest BCUT2D eigenvalue weighted by atomic mass is 9.92. The average molecular weight is 228 g/mol. The zero-order valence-electron chi connectivity index (χ0n) is 9.85. The number of H-pyrrole nitrogens is 1. The minimum Gasteiger partial charge on any atom is -0.315 e. The molecule has 4 nitrogen and oxygen atoms in total. The highest BCUT2D eigenvalue weighted by Gasteiger charge is 2.32. The van der Waals surface area contributed by atoms with Crippen LogP contribution >= 0.6 is 0 Å². The molecule has 4 heteroatoms. The third-order valence-corrected chi connectivity index (χ3v) is 3.30. The number of nitrogens with zero attached hydrogens (tertiary/aromatic N) is 2. The summed E-state index contributed by atoms with van der Waals surface area (Å²) in [6.07, 6.45) is 2.42. The fourth-order valence-corrected chi connectivity index (χ4v) is 1.96. The molecule has 0 aliphatic heterocycles. The van der Waals surface area contributed by atoms with Gasteiger partial charge in [0.25, 0.3) is 0 Å². The standard InChI is InChI=1S/C13H16N4/c1-13(14,10-5-3-2-4-6-10)12-15-11(16-17-12)9-7-8-9/h2-6,9H,7-8,14H2,1H3,(H,15,16,17). The highest BCUT2D eigenvalue weighted by atomic mass is 15.2. The van der Waals surface area contributed by atoms with Crippen LogP contribution in [0.2, 0.25) is 0 Å². The van der Waals surface area contributed by atoms with Crippen LogP contribution in [-0.2, 0) is 5.54 Å². The van der Waals surface area contributed by atoms with Gasteiger partial charge in [-0.15, -0.1) is 0 Å². The summed E-state index contributed by atoms with van der Waals surface area (Å²) in [5.41, 5.74) is 6.74. The van der Waals surface area contributed by atoms with Gasteiger partial charge in [0.05, 0.1) is 0 Å². The Morgan fingerprint density at radius 2 is 2.00 bits per heavy atom. The minimum atomic E-state index is -0.634. The molecule has 1 fully saturated rings. The van der Waals surface area contributed by atoms with Crippen molar-refractivity contribution >= 4 is 0 Å². The van der Waals surface area contributed by atoms with E-state index in [0.29, 0.717) is 11.7 Å². The van der Waals surface area contributed by atoms with Gasteiger partial charge >= 0.3 is 0 Å². The van der Waals surface area contributed by atoms with Gasteiger partial charge in [0.15, 0.2) is 5.82 Å². The van der Waals surface area contributed by atoms with Crippen molar-refractivity contribution in [2.24, 2.45) is 5.73 Å².